The molecule has 0 radical (unpaired) electrons. The van der Waals surface area contributed by atoms with E-state index >= 15 is 0 Å². The lowest BCUT2D eigenvalue weighted by atomic mass is 9.77. The first-order valence-corrected chi connectivity index (χ1v) is 15.5. The van der Waals surface area contributed by atoms with E-state index in [4.69, 9.17) is 18.9 Å². The third kappa shape index (κ3) is 13.0. The minimum absolute atomic E-state index is 0.762. The summed E-state index contributed by atoms with van der Waals surface area (Å²) in [7, 11) is 4.91. The highest BCUT2D eigenvalue weighted by Gasteiger charge is 2.28. The number of hydrogen-bond acceptors (Lipinski definition) is 4. The molecule has 1 aliphatic carbocycles. The average molecular weight is 519 g/mol. The predicted molar refractivity (Wildman–Crippen MR) is 155 cm³/mol. The van der Waals surface area contributed by atoms with Gasteiger partial charge in [0.25, 0.3) is 5.97 Å². The summed E-state index contributed by atoms with van der Waals surface area (Å²) in [5, 5.41) is 0. The first-order valence-electron chi connectivity index (χ1n) is 15.5. The van der Waals surface area contributed by atoms with Gasteiger partial charge in [0.05, 0.1) is 6.61 Å². The fourth-order valence-electron chi connectivity index (χ4n) is 5.91. The Balaban J connectivity index is 1.42. The maximum absolute atomic E-state index is 6.02. The quantitative estimate of drug-likeness (QED) is 0.113. The summed E-state index contributed by atoms with van der Waals surface area (Å²) in [5.41, 5.74) is 1.52. The van der Waals surface area contributed by atoms with Crippen LogP contribution in [0.1, 0.15) is 140 Å². The second-order valence-electron chi connectivity index (χ2n) is 11.2. The molecule has 4 heteroatoms. The first kappa shape index (κ1) is 32.1. The summed E-state index contributed by atoms with van der Waals surface area (Å²) in [5.74, 6) is 1.92. The molecule has 0 bridgehead atoms. The van der Waals surface area contributed by atoms with E-state index in [0.717, 1.165) is 43.5 Å². The molecule has 0 N–H and O–H groups in total. The minimum Gasteiger partial charge on any atom is -0.494 e. The Labute approximate surface area is 229 Å². The molecular weight excluding hydrogens is 460 g/mol. The van der Waals surface area contributed by atoms with Gasteiger partial charge in [-0.1, -0.05) is 96.1 Å². The molecule has 1 saturated carbocycles. The van der Waals surface area contributed by atoms with Crippen molar-refractivity contribution in [3.05, 3.63) is 29.8 Å². The zero-order valence-electron chi connectivity index (χ0n) is 24.7. The fraction of sp³-hybridized carbons (Fsp3) is 0.818. The molecule has 0 atom stereocenters. The smallest absolute Gasteiger partial charge is 0.282 e. The van der Waals surface area contributed by atoms with E-state index in [-0.39, 0.29) is 0 Å². The normalized spacial score (nSPS) is 18.3. The number of benzene rings is 1. The van der Waals surface area contributed by atoms with E-state index in [9.17, 15) is 0 Å². The molecule has 2 rings (SSSR count). The van der Waals surface area contributed by atoms with Gasteiger partial charge in [0, 0.05) is 27.8 Å². The van der Waals surface area contributed by atoms with Crippen LogP contribution in [0.5, 0.6) is 5.75 Å². The average Bonchev–Trinajstić information content (AvgIpc) is 2.94. The molecule has 0 aliphatic heterocycles. The van der Waals surface area contributed by atoms with E-state index < -0.39 is 5.97 Å². The number of ether oxygens (including phenoxy) is 4. The van der Waals surface area contributed by atoms with E-state index in [0.29, 0.717) is 0 Å². The van der Waals surface area contributed by atoms with Crippen LogP contribution in [0.15, 0.2) is 24.3 Å². The van der Waals surface area contributed by atoms with Gasteiger partial charge in [0.1, 0.15) is 5.75 Å². The van der Waals surface area contributed by atoms with Gasteiger partial charge in [-0.15, -0.1) is 0 Å². The SMILES string of the molecule is CCCCCC1CCC(c2ccc(OCCCCCCCCCCCCC(OC)(OC)OC)cc2)CC1. The Morgan fingerprint density at radius 3 is 1.73 bits per heavy atom. The number of hydrogen-bond donors (Lipinski definition) is 0. The van der Waals surface area contributed by atoms with Crippen LogP contribution in [-0.4, -0.2) is 33.9 Å². The van der Waals surface area contributed by atoms with Crippen molar-refractivity contribution in [1.29, 1.82) is 0 Å². The summed E-state index contributed by atoms with van der Waals surface area (Å²) < 4.78 is 22.1. The Morgan fingerprint density at radius 1 is 0.649 bits per heavy atom. The molecule has 1 aromatic carbocycles. The van der Waals surface area contributed by atoms with Gasteiger partial charge in [-0.05, 0) is 68.1 Å². The molecule has 0 unspecified atom stereocenters. The molecule has 1 fully saturated rings. The Hall–Kier alpha value is -1.10. The topological polar surface area (TPSA) is 36.9 Å². The van der Waals surface area contributed by atoms with E-state index in [1.54, 1.807) is 21.3 Å². The first-order chi connectivity index (χ1) is 18.2. The third-order valence-corrected chi connectivity index (χ3v) is 8.49. The molecule has 1 aliphatic rings. The zero-order chi connectivity index (χ0) is 26.6. The predicted octanol–water partition coefficient (Wildman–Crippen LogP) is 9.80. The van der Waals surface area contributed by atoms with E-state index in [1.807, 2.05) is 0 Å². The van der Waals surface area contributed by atoms with Gasteiger partial charge in [0.15, 0.2) is 0 Å². The molecule has 4 nitrogen and oxygen atoms in total. The highest BCUT2D eigenvalue weighted by Crippen LogP contribution is 2.38. The van der Waals surface area contributed by atoms with Crippen LogP contribution < -0.4 is 4.74 Å². The lowest BCUT2D eigenvalue weighted by Crippen LogP contribution is -2.35. The molecule has 37 heavy (non-hydrogen) atoms. The second-order valence-corrected chi connectivity index (χ2v) is 11.2. The highest BCUT2D eigenvalue weighted by atomic mass is 16.9. The molecule has 1 aromatic rings. The van der Waals surface area contributed by atoms with Gasteiger partial charge >= 0.3 is 0 Å². The van der Waals surface area contributed by atoms with Crippen molar-refractivity contribution >= 4 is 0 Å². The Kier molecular flexibility index (Phi) is 17.3. The maximum atomic E-state index is 6.02. The van der Waals surface area contributed by atoms with Crippen molar-refractivity contribution in [3.63, 3.8) is 0 Å². The van der Waals surface area contributed by atoms with Crippen LogP contribution in [-0.2, 0) is 14.2 Å². The van der Waals surface area contributed by atoms with Gasteiger partial charge in [-0.25, -0.2) is 0 Å². The van der Waals surface area contributed by atoms with Crippen molar-refractivity contribution in [2.75, 3.05) is 27.9 Å². The summed E-state index contributed by atoms with van der Waals surface area (Å²) in [4.78, 5) is 0. The largest absolute Gasteiger partial charge is 0.494 e. The third-order valence-electron chi connectivity index (χ3n) is 8.49. The second kappa shape index (κ2) is 19.9. The Morgan fingerprint density at radius 2 is 1.19 bits per heavy atom. The van der Waals surface area contributed by atoms with Gasteiger partial charge < -0.3 is 18.9 Å². The summed E-state index contributed by atoms with van der Waals surface area (Å²) >= 11 is 0. The lowest BCUT2D eigenvalue weighted by molar-refractivity contribution is -0.355. The minimum atomic E-state index is -0.861. The highest BCUT2D eigenvalue weighted by molar-refractivity contribution is 5.29. The monoisotopic (exact) mass is 518 g/mol. The fourth-order valence-corrected chi connectivity index (χ4v) is 5.91. The number of unbranched alkanes of at least 4 members (excludes halogenated alkanes) is 11. The Bertz CT molecular complexity index is 639. The van der Waals surface area contributed by atoms with E-state index in [1.165, 1.54) is 108 Å². The standard InChI is InChI=1S/C33H58O4/c1-5-6-15-18-29-19-21-30(22-20-29)31-23-25-32(26-24-31)37-28-17-14-12-10-8-7-9-11-13-16-27-33(34-2,35-3)36-4/h23-26,29-30H,5-22,27-28H2,1-4H3. The molecule has 214 valence electrons. The van der Waals surface area contributed by atoms with Crippen LogP contribution >= 0.6 is 0 Å². The molecule has 0 spiro atoms. The van der Waals surface area contributed by atoms with Crippen molar-refractivity contribution < 1.29 is 18.9 Å². The van der Waals surface area contributed by atoms with E-state index in [2.05, 4.69) is 31.2 Å². The van der Waals surface area contributed by atoms with Crippen molar-refractivity contribution in [2.45, 2.75) is 141 Å². The van der Waals surface area contributed by atoms with Gasteiger partial charge in [-0.2, -0.15) is 0 Å². The van der Waals surface area contributed by atoms with Gasteiger partial charge in [-0.3, -0.25) is 0 Å². The van der Waals surface area contributed by atoms with Crippen LogP contribution in [0.25, 0.3) is 0 Å². The van der Waals surface area contributed by atoms with Crippen LogP contribution in [0.3, 0.4) is 0 Å². The molecular formula is C33H58O4. The maximum Gasteiger partial charge on any atom is 0.282 e. The van der Waals surface area contributed by atoms with Crippen molar-refractivity contribution in [3.8, 4) is 5.75 Å². The summed E-state index contributed by atoms with van der Waals surface area (Å²) in [6.07, 6.45) is 24.6. The van der Waals surface area contributed by atoms with Crippen LogP contribution in [0.2, 0.25) is 0 Å². The molecule has 0 saturated heterocycles. The van der Waals surface area contributed by atoms with Crippen molar-refractivity contribution in [2.24, 2.45) is 5.92 Å². The number of methoxy groups -OCH3 is 3. The van der Waals surface area contributed by atoms with Crippen LogP contribution in [0.4, 0.5) is 0 Å². The van der Waals surface area contributed by atoms with Crippen LogP contribution in [0, 0.1) is 5.92 Å². The molecule has 0 heterocycles. The molecule has 0 aromatic heterocycles. The summed E-state index contributed by atoms with van der Waals surface area (Å²) in [6.45, 7) is 3.14. The zero-order valence-corrected chi connectivity index (χ0v) is 24.7. The van der Waals surface area contributed by atoms with Crippen molar-refractivity contribution in [1.82, 2.24) is 0 Å². The lowest BCUT2D eigenvalue weighted by Gasteiger charge is -2.29. The molecule has 0 amide bonds. The number of rotatable bonds is 22. The van der Waals surface area contributed by atoms with Gasteiger partial charge in [0.2, 0.25) is 0 Å². The summed E-state index contributed by atoms with van der Waals surface area (Å²) in [6, 6.07) is 9.03.